The maximum atomic E-state index is 5.50. The van der Waals surface area contributed by atoms with Crippen molar-refractivity contribution in [2.75, 3.05) is 6.61 Å². The number of ether oxygens (including phenoxy) is 1. The second-order valence-electron chi connectivity index (χ2n) is 3.64. The van der Waals surface area contributed by atoms with Crippen molar-refractivity contribution in [1.29, 1.82) is 0 Å². The van der Waals surface area contributed by atoms with Crippen LogP contribution in [-0.2, 0) is 6.54 Å². The van der Waals surface area contributed by atoms with Crippen LogP contribution in [0, 0.1) is 0 Å². The van der Waals surface area contributed by atoms with Gasteiger partial charge in [0.1, 0.15) is 0 Å². The molecule has 3 nitrogen and oxygen atoms in total. The number of nitrogens with zero attached hydrogens (tertiary/aromatic N) is 2. The van der Waals surface area contributed by atoms with Crippen LogP contribution in [0.4, 0.5) is 0 Å². The van der Waals surface area contributed by atoms with Crippen LogP contribution in [0.2, 0.25) is 0 Å². The quantitative estimate of drug-likeness (QED) is 0.697. The third-order valence-electron chi connectivity index (χ3n) is 2.64. The monoisotopic (exact) mass is 180 g/mol. The zero-order chi connectivity index (χ0) is 9.26. The molecular weight excluding hydrogens is 164 g/mol. The van der Waals surface area contributed by atoms with E-state index in [2.05, 4.69) is 25.0 Å². The molecule has 0 aromatic carbocycles. The van der Waals surface area contributed by atoms with Crippen molar-refractivity contribution in [2.45, 2.75) is 39.2 Å². The predicted octanol–water partition coefficient (Wildman–Crippen LogP) is 2.18. The van der Waals surface area contributed by atoms with Gasteiger partial charge in [0.05, 0.1) is 12.3 Å². The summed E-state index contributed by atoms with van der Waals surface area (Å²) in [5.41, 5.74) is 1.17. The van der Waals surface area contributed by atoms with Crippen molar-refractivity contribution in [3.8, 4) is 5.88 Å². The van der Waals surface area contributed by atoms with E-state index in [9.17, 15) is 0 Å². The zero-order valence-corrected chi connectivity index (χ0v) is 8.29. The summed E-state index contributed by atoms with van der Waals surface area (Å²) in [5.74, 6) is 1.49. The Bertz CT molecular complexity index is 270. The lowest BCUT2D eigenvalue weighted by molar-refractivity contribution is 0.230. The van der Waals surface area contributed by atoms with Gasteiger partial charge in [-0.05, 0) is 6.42 Å². The normalized spacial score (nSPS) is 17.7. The van der Waals surface area contributed by atoms with Gasteiger partial charge in [0.25, 0.3) is 0 Å². The molecule has 0 bridgehead atoms. The standard InChI is InChI=1S/C10H16N2O/c1-3-8(2)9-7-10-12(11-9)5-4-6-13-10/h7-8H,3-6H2,1-2H3. The number of rotatable bonds is 2. The van der Waals surface area contributed by atoms with Crippen molar-refractivity contribution in [3.63, 3.8) is 0 Å². The fourth-order valence-electron chi connectivity index (χ4n) is 1.54. The molecule has 13 heavy (non-hydrogen) atoms. The molecule has 0 saturated heterocycles. The fraction of sp³-hybridized carbons (Fsp3) is 0.700. The van der Waals surface area contributed by atoms with E-state index in [-0.39, 0.29) is 0 Å². The van der Waals surface area contributed by atoms with Gasteiger partial charge in [-0.25, -0.2) is 4.68 Å². The third-order valence-corrected chi connectivity index (χ3v) is 2.64. The molecule has 72 valence electrons. The van der Waals surface area contributed by atoms with Crippen LogP contribution in [-0.4, -0.2) is 16.4 Å². The molecule has 0 N–H and O–H groups in total. The highest BCUT2D eigenvalue weighted by Crippen LogP contribution is 2.24. The van der Waals surface area contributed by atoms with Gasteiger partial charge >= 0.3 is 0 Å². The average Bonchev–Trinajstić information content (AvgIpc) is 2.59. The second-order valence-corrected chi connectivity index (χ2v) is 3.64. The van der Waals surface area contributed by atoms with Crippen molar-refractivity contribution in [2.24, 2.45) is 0 Å². The highest BCUT2D eigenvalue weighted by Gasteiger charge is 2.15. The van der Waals surface area contributed by atoms with Crippen molar-refractivity contribution < 1.29 is 4.74 Å². The van der Waals surface area contributed by atoms with Gasteiger partial charge in [-0.3, -0.25) is 0 Å². The molecule has 0 aliphatic carbocycles. The number of aryl methyl sites for hydroxylation is 1. The number of hydrogen-bond donors (Lipinski definition) is 0. The largest absolute Gasteiger partial charge is 0.478 e. The van der Waals surface area contributed by atoms with Gasteiger partial charge in [0.15, 0.2) is 0 Å². The van der Waals surface area contributed by atoms with Crippen LogP contribution in [0.25, 0.3) is 0 Å². The van der Waals surface area contributed by atoms with E-state index in [4.69, 9.17) is 4.74 Å². The van der Waals surface area contributed by atoms with E-state index in [1.807, 2.05) is 4.68 Å². The Morgan fingerprint density at radius 2 is 2.54 bits per heavy atom. The molecule has 0 radical (unpaired) electrons. The first-order valence-corrected chi connectivity index (χ1v) is 5.01. The van der Waals surface area contributed by atoms with Gasteiger partial charge < -0.3 is 4.74 Å². The Morgan fingerprint density at radius 1 is 1.69 bits per heavy atom. The van der Waals surface area contributed by atoms with Crippen molar-refractivity contribution in [1.82, 2.24) is 9.78 Å². The summed E-state index contributed by atoms with van der Waals surface area (Å²) < 4.78 is 7.48. The maximum Gasteiger partial charge on any atom is 0.211 e. The molecule has 1 atom stereocenters. The SMILES string of the molecule is CCC(C)c1cc2n(n1)CCCO2. The minimum atomic E-state index is 0.543. The maximum absolute atomic E-state index is 5.50. The molecule has 3 heteroatoms. The van der Waals surface area contributed by atoms with Gasteiger partial charge in [-0.15, -0.1) is 0 Å². The lowest BCUT2D eigenvalue weighted by Gasteiger charge is -2.13. The first-order valence-electron chi connectivity index (χ1n) is 5.01. The number of hydrogen-bond acceptors (Lipinski definition) is 2. The molecule has 0 spiro atoms. The molecule has 1 aliphatic heterocycles. The first kappa shape index (κ1) is 8.60. The second kappa shape index (κ2) is 3.40. The summed E-state index contributed by atoms with van der Waals surface area (Å²) >= 11 is 0. The Hall–Kier alpha value is -0.990. The minimum absolute atomic E-state index is 0.543. The Kier molecular flexibility index (Phi) is 2.25. The predicted molar refractivity (Wildman–Crippen MR) is 51.0 cm³/mol. The first-order chi connectivity index (χ1) is 6.31. The Labute approximate surface area is 78.7 Å². The van der Waals surface area contributed by atoms with Gasteiger partial charge in [0, 0.05) is 24.9 Å². The summed E-state index contributed by atoms with van der Waals surface area (Å²) in [6.07, 6.45) is 2.21. The number of aromatic nitrogens is 2. The summed E-state index contributed by atoms with van der Waals surface area (Å²) in [7, 11) is 0. The Balaban J connectivity index is 2.25. The van der Waals surface area contributed by atoms with Crippen molar-refractivity contribution in [3.05, 3.63) is 11.8 Å². The molecule has 1 aromatic rings. The summed E-state index contributed by atoms with van der Waals surface area (Å²) in [5, 5.41) is 4.51. The number of fused-ring (bicyclic) bond motifs is 1. The topological polar surface area (TPSA) is 27.1 Å². The van der Waals surface area contributed by atoms with Gasteiger partial charge in [-0.2, -0.15) is 5.10 Å². The lowest BCUT2D eigenvalue weighted by Crippen LogP contribution is -2.14. The molecule has 1 unspecified atom stereocenters. The lowest BCUT2D eigenvalue weighted by atomic mass is 10.1. The summed E-state index contributed by atoms with van der Waals surface area (Å²) in [4.78, 5) is 0. The van der Waals surface area contributed by atoms with Crippen LogP contribution in [0.3, 0.4) is 0 Å². The zero-order valence-electron chi connectivity index (χ0n) is 8.29. The highest BCUT2D eigenvalue weighted by molar-refractivity contribution is 5.19. The van der Waals surface area contributed by atoms with Crippen LogP contribution in [0.1, 0.15) is 38.3 Å². The van der Waals surface area contributed by atoms with E-state index in [1.54, 1.807) is 0 Å². The summed E-state index contributed by atoms with van der Waals surface area (Å²) in [6.45, 7) is 6.23. The highest BCUT2D eigenvalue weighted by atomic mass is 16.5. The average molecular weight is 180 g/mol. The van der Waals surface area contributed by atoms with Gasteiger partial charge in [0.2, 0.25) is 5.88 Å². The smallest absolute Gasteiger partial charge is 0.211 e. The van der Waals surface area contributed by atoms with Gasteiger partial charge in [-0.1, -0.05) is 13.8 Å². The van der Waals surface area contributed by atoms with E-state index >= 15 is 0 Å². The molecule has 0 amide bonds. The molecule has 2 heterocycles. The molecular formula is C10H16N2O. The van der Waals surface area contributed by atoms with E-state index in [0.717, 1.165) is 31.9 Å². The van der Waals surface area contributed by atoms with Crippen LogP contribution < -0.4 is 4.74 Å². The van der Waals surface area contributed by atoms with Crippen LogP contribution >= 0.6 is 0 Å². The third kappa shape index (κ3) is 1.55. The minimum Gasteiger partial charge on any atom is -0.478 e. The van der Waals surface area contributed by atoms with E-state index in [1.165, 1.54) is 5.69 Å². The van der Waals surface area contributed by atoms with Crippen molar-refractivity contribution >= 4 is 0 Å². The Morgan fingerprint density at radius 3 is 3.23 bits per heavy atom. The molecule has 1 aromatic heterocycles. The fourth-order valence-corrected chi connectivity index (χ4v) is 1.54. The molecule has 0 fully saturated rings. The molecule has 2 rings (SSSR count). The van der Waals surface area contributed by atoms with Crippen LogP contribution in [0.15, 0.2) is 6.07 Å². The molecule has 0 saturated carbocycles. The van der Waals surface area contributed by atoms with Crippen LogP contribution in [0.5, 0.6) is 5.88 Å². The molecule has 1 aliphatic rings. The van der Waals surface area contributed by atoms with E-state index in [0.29, 0.717) is 5.92 Å². The van der Waals surface area contributed by atoms with E-state index < -0.39 is 0 Å². The summed E-state index contributed by atoms with van der Waals surface area (Å²) in [6, 6.07) is 2.08.